The third kappa shape index (κ3) is 3.88. The zero-order valence-electron chi connectivity index (χ0n) is 12.3. The van der Waals surface area contributed by atoms with Crippen LogP contribution in [0.2, 0.25) is 0 Å². The maximum atomic E-state index is 11.9. The fourth-order valence-corrected chi connectivity index (χ4v) is 2.45. The van der Waals surface area contributed by atoms with E-state index in [0.29, 0.717) is 30.3 Å². The van der Waals surface area contributed by atoms with E-state index < -0.39 is 0 Å². The van der Waals surface area contributed by atoms with Crippen LogP contribution in [0.25, 0.3) is 11.5 Å². The lowest BCUT2D eigenvalue weighted by molar-refractivity contribution is -0.121. The molecule has 1 atom stereocenters. The summed E-state index contributed by atoms with van der Waals surface area (Å²) in [5.74, 6) is 0.927. The van der Waals surface area contributed by atoms with Gasteiger partial charge in [-0.15, -0.1) is 0 Å². The summed E-state index contributed by atoms with van der Waals surface area (Å²) in [7, 11) is 0. The van der Waals surface area contributed by atoms with Crippen LogP contribution in [0.15, 0.2) is 28.9 Å². The molecule has 0 aromatic carbocycles. The maximum absolute atomic E-state index is 11.9. The summed E-state index contributed by atoms with van der Waals surface area (Å²) >= 11 is 0. The van der Waals surface area contributed by atoms with Crippen LogP contribution in [0.4, 0.5) is 0 Å². The lowest BCUT2D eigenvalue weighted by Gasteiger charge is -2.23. The number of hydrogen-bond acceptors (Lipinski definition) is 6. The van der Waals surface area contributed by atoms with Gasteiger partial charge in [0.1, 0.15) is 5.69 Å². The molecule has 7 nitrogen and oxygen atoms in total. The van der Waals surface area contributed by atoms with E-state index in [1.54, 1.807) is 6.20 Å². The molecule has 2 aromatic rings. The molecular formula is C15H19N5O2. The van der Waals surface area contributed by atoms with Crippen molar-refractivity contribution in [3.63, 3.8) is 0 Å². The molecule has 0 radical (unpaired) electrons. The average Bonchev–Trinajstić information content (AvgIpc) is 3.04. The molecule has 3 heterocycles. The van der Waals surface area contributed by atoms with Crippen molar-refractivity contribution in [2.75, 3.05) is 13.1 Å². The highest BCUT2D eigenvalue weighted by Crippen LogP contribution is 2.12. The highest BCUT2D eigenvalue weighted by atomic mass is 16.5. The molecule has 3 rings (SSSR count). The van der Waals surface area contributed by atoms with Gasteiger partial charge < -0.3 is 15.2 Å². The first-order valence-corrected chi connectivity index (χ1v) is 7.55. The topological polar surface area (TPSA) is 92.9 Å². The van der Waals surface area contributed by atoms with Gasteiger partial charge in [-0.1, -0.05) is 11.2 Å². The van der Waals surface area contributed by atoms with Gasteiger partial charge in [-0.05, 0) is 31.5 Å². The molecule has 1 aliphatic rings. The fraction of sp³-hybridized carbons (Fsp3) is 0.467. The van der Waals surface area contributed by atoms with Gasteiger partial charge in [0.05, 0.1) is 0 Å². The van der Waals surface area contributed by atoms with Gasteiger partial charge in [-0.25, -0.2) is 0 Å². The van der Waals surface area contributed by atoms with Crippen LogP contribution < -0.4 is 10.6 Å². The smallest absolute Gasteiger partial charge is 0.227 e. The van der Waals surface area contributed by atoms with Crippen LogP contribution in [0.1, 0.15) is 25.2 Å². The molecular weight excluding hydrogens is 282 g/mol. The number of aromatic nitrogens is 3. The average molecular weight is 301 g/mol. The summed E-state index contributed by atoms with van der Waals surface area (Å²) in [4.78, 5) is 20.4. The van der Waals surface area contributed by atoms with Crippen molar-refractivity contribution >= 4 is 5.91 Å². The lowest BCUT2D eigenvalue weighted by Crippen LogP contribution is -2.45. The number of nitrogens with zero attached hydrogens (tertiary/aromatic N) is 3. The van der Waals surface area contributed by atoms with Crippen LogP contribution in [0.5, 0.6) is 0 Å². The zero-order chi connectivity index (χ0) is 15.2. The molecule has 116 valence electrons. The number of rotatable bonds is 5. The minimum absolute atomic E-state index is 0.0197. The lowest BCUT2D eigenvalue weighted by atomic mass is 10.1. The number of hydrogen-bond donors (Lipinski definition) is 2. The van der Waals surface area contributed by atoms with E-state index in [0.717, 1.165) is 25.9 Å². The monoisotopic (exact) mass is 301 g/mol. The van der Waals surface area contributed by atoms with Crippen LogP contribution >= 0.6 is 0 Å². The molecule has 1 amide bonds. The molecule has 22 heavy (non-hydrogen) atoms. The number of aryl methyl sites for hydroxylation is 1. The van der Waals surface area contributed by atoms with Crippen molar-refractivity contribution in [1.29, 1.82) is 0 Å². The first-order chi connectivity index (χ1) is 10.8. The highest BCUT2D eigenvalue weighted by Gasteiger charge is 2.16. The van der Waals surface area contributed by atoms with E-state index in [1.165, 1.54) is 0 Å². The largest absolute Gasteiger partial charge is 0.352 e. The normalized spacial score (nSPS) is 18.1. The minimum Gasteiger partial charge on any atom is -0.352 e. The molecule has 0 unspecified atom stereocenters. The predicted molar refractivity (Wildman–Crippen MR) is 79.9 cm³/mol. The van der Waals surface area contributed by atoms with E-state index >= 15 is 0 Å². The Hall–Kier alpha value is -2.28. The van der Waals surface area contributed by atoms with Crippen molar-refractivity contribution in [1.82, 2.24) is 25.8 Å². The van der Waals surface area contributed by atoms with Gasteiger partial charge in [0, 0.05) is 31.6 Å². The Balaban J connectivity index is 1.49. The summed E-state index contributed by atoms with van der Waals surface area (Å²) < 4.78 is 5.17. The standard InChI is InChI=1S/C15H19N5O2/c21-13(18-11-4-3-8-16-10-11)6-7-14-19-15(20-22-14)12-5-1-2-9-17-12/h1-2,5,9,11,16H,3-4,6-8,10H2,(H,18,21)/t11-/m0/s1. The van der Waals surface area contributed by atoms with E-state index in [9.17, 15) is 4.79 Å². The third-order valence-corrected chi connectivity index (χ3v) is 3.59. The van der Waals surface area contributed by atoms with Crippen LogP contribution in [-0.2, 0) is 11.2 Å². The van der Waals surface area contributed by atoms with Gasteiger partial charge in [-0.2, -0.15) is 4.98 Å². The van der Waals surface area contributed by atoms with Gasteiger partial charge in [0.25, 0.3) is 0 Å². The zero-order valence-corrected chi connectivity index (χ0v) is 12.3. The number of amides is 1. The molecule has 1 aliphatic heterocycles. The quantitative estimate of drug-likeness (QED) is 0.853. The van der Waals surface area contributed by atoms with Crippen LogP contribution in [0.3, 0.4) is 0 Å². The number of carbonyl (C=O) groups is 1. The summed E-state index contributed by atoms with van der Waals surface area (Å²) in [5.41, 5.74) is 0.662. The minimum atomic E-state index is 0.0197. The molecule has 1 saturated heterocycles. The number of pyridine rings is 1. The van der Waals surface area contributed by atoms with E-state index in [2.05, 4.69) is 25.8 Å². The molecule has 1 fully saturated rings. The van der Waals surface area contributed by atoms with Gasteiger partial charge >= 0.3 is 0 Å². The third-order valence-electron chi connectivity index (χ3n) is 3.59. The molecule has 0 bridgehead atoms. The SMILES string of the molecule is O=C(CCc1nc(-c2ccccn2)no1)N[C@H]1CCCNC1. The summed E-state index contributed by atoms with van der Waals surface area (Å²) in [6.45, 7) is 1.88. The molecule has 2 N–H and O–H groups in total. The highest BCUT2D eigenvalue weighted by molar-refractivity contribution is 5.76. The Morgan fingerprint density at radius 2 is 2.41 bits per heavy atom. The molecule has 7 heteroatoms. The fourth-order valence-electron chi connectivity index (χ4n) is 2.45. The number of nitrogens with one attached hydrogen (secondary N) is 2. The second-order valence-electron chi connectivity index (χ2n) is 5.34. The Morgan fingerprint density at radius 1 is 1.45 bits per heavy atom. The first-order valence-electron chi connectivity index (χ1n) is 7.55. The van der Waals surface area contributed by atoms with E-state index in [4.69, 9.17) is 4.52 Å². The van der Waals surface area contributed by atoms with Gasteiger partial charge in [0.2, 0.25) is 17.6 Å². The first kappa shape index (κ1) is 14.6. The van der Waals surface area contributed by atoms with Crippen molar-refractivity contribution in [3.8, 4) is 11.5 Å². The second kappa shape index (κ2) is 7.13. The van der Waals surface area contributed by atoms with Crippen LogP contribution in [0, 0.1) is 0 Å². The van der Waals surface area contributed by atoms with E-state index in [-0.39, 0.29) is 11.9 Å². The summed E-state index contributed by atoms with van der Waals surface area (Å²) in [5, 5.41) is 10.2. The van der Waals surface area contributed by atoms with Crippen molar-refractivity contribution in [2.24, 2.45) is 0 Å². The Labute approximate surface area is 128 Å². The number of carbonyl (C=O) groups excluding carboxylic acids is 1. The number of piperidine rings is 1. The Morgan fingerprint density at radius 3 is 3.18 bits per heavy atom. The predicted octanol–water partition coefficient (Wildman–Crippen LogP) is 0.932. The molecule has 0 aliphatic carbocycles. The molecule has 0 spiro atoms. The van der Waals surface area contributed by atoms with Crippen molar-refractivity contribution in [3.05, 3.63) is 30.3 Å². The van der Waals surface area contributed by atoms with Crippen molar-refractivity contribution < 1.29 is 9.32 Å². The Kier molecular flexibility index (Phi) is 4.75. The van der Waals surface area contributed by atoms with E-state index in [1.807, 2.05) is 18.2 Å². The Bertz CT molecular complexity index is 607. The second-order valence-corrected chi connectivity index (χ2v) is 5.34. The van der Waals surface area contributed by atoms with Gasteiger partial charge in [-0.3, -0.25) is 9.78 Å². The van der Waals surface area contributed by atoms with Crippen molar-refractivity contribution in [2.45, 2.75) is 31.7 Å². The van der Waals surface area contributed by atoms with Crippen LogP contribution in [-0.4, -0.2) is 40.2 Å². The molecule has 2 aromatic heterocycles. The maximum Gasteiger partial charge on any atom is 0.227 e. The molecule has 0 saturated carbocycles. The summed E-state index contributed by atoms with van der Waals surface area (Å²) in [6.07, 6.45) is 4.59. The summed E-state index contributed by atoms with van der Waals surface area (Å²) in [6, 6.07) is 5.74. The van der Waals surface area contributed by atoms with Gasteiger partial charge in [0.15, 0.2) is 0 Å².